The number of hydrogen-bond donors (Lipinski definition) is 1. The molecule has 1 fully saturated rings. The molecule has 1 aliphatic rings. The van der Waals surface area contributed by atoms with Gasteiger partial charge in [0.25, 0.3) is 10.0 Å². The van der Waals surface area contributed by atoms with Gasteiger partial charge in [-0.25, -0.2) is 3.97 Å². The van der Waals surface area contributed by atoms with Gasteiger partial charge in [-0.3, -0.25) is 4.79 Å². The third kappa shape index (κ3) is 4.71. The average Bonchev–Trinajstić information content (AvgIpc) is 3.54. The summed E-state index contributed by atoms with van der Waals surface area (Å²) in [4.78, 5) is 14.3. The van der Waals surface area contributed by atoms with Crippen LogP contribution in [0, 0.1) is 0 Å². The molecule has 1 aliphatic heterocycles. The Labute approximate surface area is 213 Å². The topological polar surface area (TPSA) is 98.1 Å². The van der Waals surface area contributed by atoms with Crippen molar-refractivity contribution in [3.05, 3.63) is 66.4 Å². The fourth-order valence-corrected chi connectivity index (χ4v) is 7.17. The lowest BCUT2D eigenvalue weighted by Gasteiger charge is -2.28. The van der Waals surface area contributed by atoms with Gasteiger partial charge in [-0.05, 0) is 60.0 Å². The number of hydrogen-bond acceptors (Lipinski definition) is 7. The van der Waals surface area contributed by atoms with Crippen LogP contribution in [-0.2, 0) is 26.0 Å². The molecule has 1 N–H and O–H groups in total. The number of thiophene rings is 1. The molecule has 36 heavy (non-hydrogen) atoms. The van der Waals surface area contributed by atoms with Crippen molar-refractivity contribution in [1.29, 1.82) is 0 Å². The number of carbonyl (C=O) groups is 1. The number of methoxy groups -OCH3 is 1. The summed E-state index contributed by atoms with van der Waals surface area (Å²) >= 11 is 1.21. The van der Waals surface area contributed by atoms with E-state index in [0.717, 1.165) is 29.2 Å². The van der Waals surface area contributed by atoms with Gasteiger partial charge in [0.05, 0.1) is 25.8 Å². The number of ether oxygens (including phenoxy) is 2. The van der Waals surface area contributed by atoms with Crippen LogP contribution in [-0.4, -0.2) is 56.9 Å². The van der Waals surface area contributed by atoms with Crippen LogP contribution in [0.1, 0.15) is 12.0 Å². The smallest absolute Gasteiger partial charge is 0.303 e. The minimum Gasteiger partial charge on any atom is -0.497 e. The third-order valence-electron chi connectivity index (χ3n) is 6.29. The zero-order valence-corrected chi connectivity index (χ0v) is 21.3. The van der Waals surface area contributed by atoms with Crippen LogP contribution >= 0.6 is 11.3 Å². The van der Waals surface area contributed by atoms with Crippen molar-refractivity contribution >= 4 is 43.9 Å². The molecule has 1 saturated heterocycles. The van der Waals surface area contributed by atoms with Gasteiger partial charge in [-0.1, -0.05) is 12.1 Å². The summed E-state index contributed by atoms with van der Waals surface area (Å²) in [7, 11) is -2.36. The number of rotatable bonds is 8. The first kappa shape index (κ1) is 24.4. The highest BCUT2D eigenvalue weighted by molar-refractivity contribution is 7.92. The lowest BCUT2D eigenvalue weighted by molar-refractivity contribution is -0.136. The second-order valence-corrected chi connectivity index (χ2v) is 11.6. The lowest BCUT2D eigenvalue weighted by atomic mass is 10.1. The first-order chi connectivity index (χ1) is 17.4. The summed E-state index contributed by atoms with van der Waals surface area (Å²) < 4.78 is 39.5. The van der Waals surface area contributed by atoms with E-state index in [2.05, 4.69) is 17.0 Å². The quantitative estimate of drug-likeness (QED) is 0.362. The lowest BCUT2D eigenvalue weighted by Crippen LogP contribution is -2.36. The minimum atomic E-state index is -3.89. The number of carboxylic acid groups (broad SMARTS) is 1. The van der Waals surface area contributed by atoms with Crippen molar-refractivity contribution < 1.29 is 27.8 Å². The predicted molar refractivity (Wildman–Crippen MR) is 140 cm³/mol. The van der Waals surface area contributed by atoms with Gasteiger partial charge in [0.15, 0.2) is 0 Å². The summed E-state index contributed by atoms with van der Waals surface area (Å²) in [5.41, 5.74) is 3.20. The molecule has 2 aromatic carbocycles. The van der Waals surface area contributed by atoms with E-state index < -0.39 is 16.0 Å². The van der Waals surface area contributed by atoms with Gasteiger partial charge in [-0.2, -0.15) is 8.42 Å². The number of aromatic nitrogens is 1. The Hall–Kier alpha value is -3.34. The van der Waals surface area contributed by atoms with Crippen LogP contribution in [0.3, 0.4) is 0 Å². The Bertz CT molecular complexity index is 1500. The van der Waals surface area contributed by atoms with E-state index in [4.69, 9.17) is 14.6 Å². The third-order valence-corrected chi connectivity index (χ3v) is 9.57. The number of morpholine rings is 1. The van der Waals surface area contributed by atoms with E-state index in [1.165, 1.54) is 28.6 Å². The molecule has 0 bridgehead atoms. The highest BCUT2D eigenvalue weighted by atomic mass is 32.2. The highest BCUT2D eigenvalue weighted by Gasteiger charge is 2.24. The number of benzene rings is 2. The highest BCUT2D eigenvalue weighted by Crippen LogP contribution is 2.35. The second-order valence-electron chi connectivity index (χ2n) is 8.50. The normalized spacial score (nSPS) is 14.3. The second kappa shape index (κ2) is 9.96. The van der Waals surface area contributed by atoms with E-state index in [9.17, 15) is 13.2 Å². The molecule has 5 rings (SSSR count). The van der Waals surface area contributed by atoms with E-state index in [1.54, 1.807) is 24.3 Å². The van der Waals surface area contributed by atoms with Crippen LogP contribution in [0.15, 0.2) is 65.0 Å². The fourth-order valence-electron chi connectivity index (χ4n) is 4.38. The zero-order valence-electron chi connectivity index (χ0n) is 19.7. The van der Waals surface area contributed by atoms with Gasteiger partial charge < -0.3 is 19.5 Å². The molecular weight excluding hydrogens is 500 g/mol. The molecule has 0 spiro atoms. The SMILES string of the molecule is COc1ccc2c(c1)c(CCC(=O)O)cn2S(=O)(=O)c1ccc(-c2ccc(N3CCOCC3)cc2)s1. The number of aliphatic carboxylic acids is 1. The summed E-state index contributed by atoms with van der Waals surface area (Å²) in [5, 5.41) is 9.80. The van der Waals surface area contributed by atoms with Crippen molar-refractivity contribution in [3.8, 4) is 16.2 Å². The van der Waals surface area contributed by atoms with Crippen LogP contribution in [0.4, 0.5) is 5.69 Å². The number of fused-ring (bicyclic) bond motifs is 1. The van der Waals surface area contributed by atoms with Crippen LogP contribution in [0.25, 0.3) is 21.3 Å². The standard InChI is InChI=1S/C26H26N2O6S2/c1-33-21-7-8-23-22(16-21)19(4-10-25(29)30)17-28(23)36(31,32)26-11-9-24(35-26)18-2-5-20(6-3-18)27-12-14-34-15-13-27/h2-3,5-9,11,16-17H,4,10,12-15H2,1H3,(H,29,30). The van der Waals surface area contributed by atoms with Gasteiger partial charge in [0, 0.05) is 41.7 Å². The summed E-state index contributed by atoms with van der Waals surface area (Å²) in [6.07, 6.45) is 1.64. The fraction of sp³-hybridized carbons (Fsp3) is 0.269. The molecule has 0 aliphatic carbocycles. The Kier molecular flexibility index (Phi) is 6.74. The molecular formula is C26H26N2O6S2. The van der Waals surface area contributed by atoms with Crippen molar-refractivity contribution in [1.82, 2.24) is 3.97 Å². The first-order valence-corrected chi connectivity index (χ1v) is 13.8. The summed E-state index contributed by atoms with van der Waals surface area (Å²) in [6.45, 7) is 3.14. The Balaban J connectivity index is 1.47. The van der Waals surface area contributed by atoms with Gasteiger partial charge >= 0.3 is 5.97 Å². The van der Waals surface area contributed by atoms with E-state index >= 15 is 0 Å². The van der Waals surface area contributed by atoms with Crippen molar-refractivity contribution in [2.75, 3.05) is 38.3 Å². The summed E-state index contributed by atoms with van der Waals surface area (Å²) in [6, 6.07) is 16.7. The number of anilines is 1. The maximum Gasteiger partial charge on any atom is 0.303 e. The Morgan fingerprint density at radius 2 is 1.83 bits per heavy atom. The average molecular weight is 527 g/mol. The molecule has 188 valence electrons. The molecule has 0 atom stereocenters. The van der Waals surface area contributed by atoms with Crippen LogP contribution < -0.4 is 9.64 Å². The molecule has 0 saturated carbocycles. The molecule has 0 amide bonds. The van der Waals surface area contributed by atoms with Crippen molar-refractivity contribution in [3.63, 3.8) is 0 Å². The summed E-state index contributed by atoms with van der Waals surface area (Å²) in [5.74, 6) is -0.364. The van der Waals surface area contributed by atoms with Gasteiger partial charge in [0.2, 0.25) is 0 Å². The molecule has 2 aromatic heterocycles. The monoisotopic (exact) mass is 526 g/mol. The largest absolute Gasteiger partial charge is 0.497 e. The zero-order chi connectivity index (χ0) is 25.3. The molecule has 3 heterocycles. The molecule has 8 nitrogen and oxygen atoms in total. The number of carboxylic acids is 1. The van der Waals surface area contributed by atoms with E-state index in [0.29, 0.717) is 35.4 Å². The predicted octanol–water partition coefficient (Wildman–Crippen LogP) is 4.47. The first-order valence-electron chi connectivity index (χ1n) is 11.5. The van der Waals surface area contributed by atoms with E-state index in [1.807, 2.05) is 18.2 Å². The van der Waals surface area contributed by atoms with E-state index in [-0.39, 0.29) is 17.1 Å². The number of nitrogens with zero attached hydrogens (tertiary/aromatic N) is 2. The number of aryl methyl sites for hydroxylation is 1. The molecule has 0 unspecified atom stereocenters. The van der Waals surface area contributed by atoms with Crippen molar-refractivity contribution in [2.45, 2.75) is 17.1 Å². The molecule has 4 aromatic rings. The molecule has 0 radical (unpaired) electrons. The van der Waals surface area contributed by atoms with Gasteiger partial charge in [0.1, 0.15) is 9.96 Å². The molecule has 10 heteroatoms. The minimum absolute atomic E-state index is 0.0973. The maximum atomic E-state index is 13.7. The Morgan fingerprint density at radius 3 is 2.53 bits per heavy atom. The van der Waals surface area contributed by atoms with Crippen LogP contribution in [0.2, 0.25) is 0 Å². The van der Waals surface area contributed by atoms with Crippen LogP contribution in [0.5, 0.6) is 5.75 Å². The maximum absolute atomic E-state index is 13.7. The van der Waals surface area contributed by atoms with Crippen molar-refractivity contribution in [2.24, 2.45) is 0 Å². The van der Waals surface area contributed by atoms with Gasteiger partial charge in [-0.15, -0.1) is 11.3 Å². The Morgan fingerprint density at radius 1 is 1.08 bits per heavy atom.